The fourth-order valence-corrected chi connectivity index (χ4v) is 7.14. The van der Waals surface area contributed by atoms with Crippen molar-refractivity contribution in [2.75, 3.05) is 0 Å². The molecule has 4 nitrogen and oxygen atoms in total. The molecule has 0 fully saturated rings. The first-order valence-electron chi connectivity index (χ1n) is 16.1. The van der Waals surface area contributed by atoms with Crippen LogP contribution in [-0.2, 0) is 6.54 Å². The molecule has 0 spiro atoms. The van der Waals surface area contributed by atoms with E-state index in [1.165, 1.54) is 37.8 Å². The Morgan fingerprint density at radius 2 is 1.48 bits per heavy atom. The van der Waals surface area contributed by atoms with Gasteiger partial charge in [-0.3, -0.25) is 9.98 Å². The summed E-state index contributed by atoms with van der Waals surface area (Å²) in [7, 11) is 0. The van der Waals surface area contributed by atoms with Gasteiger partial charge < -0.3 is 8.98 Å². The molecule has 4 heteroatoms. The highest BCUT2D eigenvalue weighted by atomic mass is 16.3. The topological polar surface area (TPSA) is 42.8 Å². The van der Waals surface area contributed by atoms with Gasteiger partial charge in [0.1, 0.15) is 11.2 Å². The van der Waals surface area contributed by atoms with E-state index in [-0.39, 0.29) is 0 Å². The lowest BCUT2D eigenvalue weighted by Crippen LogP contribution is -1.95. The molecule has 0 aliphatic rings. The van der Waals surface area contributed by atoms with E-state index in [0.717, 1.165) is 49.8 Å². The molecule has 0 aliphatic carbocycles. The Morgan fingerprint density at radius 3 is 2.23 bits per heavy atom. The van der Waals surface area contributed by atoms with Gasteiger partial charge in [0.25, 0.3) is 0 Å². The van der Waals surface area contributed by atoms with Crippen LogP contribution in [0.1, 0.15) is 18.1 Å². The second-order valence-electron chi connectivity index (χ2n) is 11.8. The normalized spacial score (nSPS) is 12.8. The van der Waals surface area contributed by atoms with Crippen LogP contribution >= 0.6 is 0 Å². The van der Waals surface area contributed by atoms with Crippen LogP contribution in [-0.4, -0.2) is 17.5 Å². The molecule has 48 heavy (non-hydrogen) atoms. The molecular formula is C44H33N3O. The standard InChI is InChI=1S/C44H33N3O/c1-4-6-13-29(5-2)30-20-22-32(23-21-30)47-38-24-25-39-40(37-19-11-14-31(44(37)48-39)28-46-27-12-26-45-3)42(38)41-35-17-9-7-15-33(35)34-16-8-10-18-36(34)43(41)47/h4-27H,1,3,28H2,2H3/b13-6-,26-12-,29-5+,46-27?. The summed E-state index contributed by atoms with van der Waals surface area (Å²) in [4.78, 5) is 8.35. The first-order valence-corrected chi connectivity index (χ1v) is 16.1. The van der Waals surface area contributed by atoms with E-state index >= 15 is 0 Å². The Bertz CT molecular complexity index is 2680. The number of allylic oxidation sites excluding steroid dienone is 6. The number of furan rings is 1. The molecule has 0 saturated carbocycles. The van der Waals surface area contributed by atoms with Gasteiger partial charge in [0.15, 0.2) is 0 Å². The van der Waals surface area contributed by atoms with Crippen molar-refractivity contribution in [1.82, 2.24) is 4.57 Å². The summed E-state index contributed by atoms with van der Waals surface area (Å²) in [5.74, 6) is 0. The fourth-order valence-electron chi connectivity index (χ4n) is 7.14. The zero-order valence-corrected chi connectivity index (χ0v) is 26.7. The van der Waals surface area contributed by atoms with Crippen LogP contribution in [0.3, 0.4) is 0 Å². The van der Waals surface area contributed by atoms with Crippen LogP contribution in [0.15, 0.2) is 161 Å². The predicted molar refractivity (Wildman–Crippen MR) is 207 cm³/mol. The van der Waals surface area contributed by atoms with E-state index in [4.69, 9.17) is 4.42 Å². The van der Waals surface area contributed by atoms with Crippen molar-refractivity contribution >= 4 is 83.8 Å². The van der Waals surface area contributed by atoms with Gasteiger partial charge in [0, 0.05) is 50.6 Å². The van der Waals surface area contributed by atoms with Gasteiger partial charge >= 0.3 is 0 Å². The first kappa shape index (κ1) is 29.2. The van der Waals surface area contributed by atoms with Crippen LogP contribution in [0, 0.1) is 0 Å². The van der Waals surface area contributed by atoms with Crippen molar-refractivity contribution in [3.8, 4) is 5.69 Å². The van der Waals surface area contributed by atoms with Crippen LogP contribution in [0.2, 0.25) is 0 Å². The second kappa shape index (κ2) is 12.2. The van der Waals surface area contributed by atoms with E-state index < -0.39 is 0 Å². The highest BCUT2D eigenvalue weighted by molar-refractivity contribution is 6.37. The molecule has 8 aromatic rings. The molecule has 230 valence electrons. The summed E-state index contributed by atoms with van der Waals surface area (Å²) in [6.45, 7) is 9.89. The number of hydrogen-bond acceptors (Lipinski definition) is 3. The number of nitrogens with zero attached hydrogens (tertiary/aromatic N) is 3. The van der Waals surface area contributed by atoms with Crippen molar-refractivity contribution < 1.29 is 4.42 Å². The Hall–Kier alpha value is -6.26. The molecule has 2 aromatic heterocycles. The minimum absolute atomic E-state index is 0.500. The zero-order valence-electron chi connectivity index (χ0n) is 26.7. The summed E-state index contributed by atoms with van der Waals surface area (Å²) in [5.41, 5.74) is 8.51. The minimum atomic E-state index is 0.500. The van der Waals surface area contributed by atoms with E-state index in [9.17, 15) is 0 Å². The van der Waals surface area contributed by atoms with Crippen molar-refractivity contribution in [3.05, 3.63) is 157 Å². The van der Waals surface area contributed by atoms with Gasteiger partial charge in [-0.1, -0.05) is 110 Å². The average molecular weight is 620 g/mol. The van der Waals surface area contributed by atoms with E-state index in [1.54, 1.807) is 24.6 Å². The number of para-hydroxylation sites is 1. The van der Waals surface area contributed by atoms with Gasteiger partial charge in [-0.2, -0.15) is 0 Å². The lowest BCUT2D eigenvalue weighted by atomic mass is 9.95. The summed E-state index contributed by atoms with van der Waals surface area (Å²) >= 11 is 0. The molecule has 0 N–H and O–H groups in total. The van der Waals surface area contributed by atoms with Crippen molar-refractivity contribution in [2.45, 2.75) is 13.5 Å². The molecular weight excluding hydrogens is 587 g/mol. The quantitative estimate of drug-likeness (QED) is 0.0948. The number of aliphatic imine (C=N–C) groups is 2. The summed E-state index contributed by atoms with van der Waals surface area (Å²) in [6.07, 6.45) is 13.2. The molecule has 2 heterocycles. The highest BCUT2D eigenvalue weighted by Crippen LogP contribution is 2.47. The zero-order chi connectivity index (χ0) is 32.6. The van der Waals surface area contributed by atoms with Gasteiger partial charge in [-0.05, 0) is 71.3 Å². The summed E-state index contributed by atoms with van der Waals surface area (Å²) in [6, 6.07) is 37.1. The lowest BCUT2D eigenvalue weighted by Gasteiger charge is -2.13. The van der Waals surface area contributed by atoms with E-state index in [2.05, 4.69) is 150 Å². The van der Waals surface area contributed by atoms with Crippen molar-refractivity contribution in [2.24, 2.45) is 9.98 Å². The molecule has 6 aromatic carbocycles. The molecule has 0 atom stereocenters. The lowest BCUT2D eigenvalue weighted by molar-refractivity contribution is 0.663. The minimum Gasteiger partial charge on any atom is -0.456 e. The van der Waals surface area contributed by atoms with Crippen LogP contribution in [0.25, 0.3) is 76.5 Å². The third kappa shape index (κ3) is 4.61. The summed E-state index contributed by atoms with van der Waals surface area (Å²) in [5, 5.41) is 9.54. The van der Waals surface area contributed by atoms with Crippen molar-refractivity contribution in [3.63, 3.8) is 0 Å². The van der Waals surface area contributed by atoms with Crippen LogP contribution in [0.5, 0.6) is 0 Å². The SMILES string of the molecule is C=C/C=C\C(=C/C)c1ccc(-n2c3ccc4oc5c(CN=C/C=C\N=C)cccc5c4c3c3c4ccccc4c4ccccc4c32)cc1. The highest BCUT2D eigenvalue weighted by Gasteiger charge is 2.23. The van der Waals surface area contributed by atoms with Gasteiger partial charge in [0.05, 0.1) is 17.6 Å². The Morgan fingerprint density at radius 1 is 0.750 bits per heavy atom. The molecule has 0 saturated heterocycles. The smallest absolute Gasteiger partial charge is 0.140 e. The Balaban J connectivity index is 1.49. The Kier molecular flexibility index (Phi) is 7.39. The Labute approximate surface area is 278 Å². The van der Waals surface area contributed by atoms with Gasteiger partial charge in [-0.25, -0.2) is 0 Å². The first-order chi connectivity index (χ1) is 23.7. The third-order valence-corrected chi connectivity index (χ3v) is 9.17. The van der Waals surface area contributed by atoms with Gasteiger partial charge in [-0.15, -0.1) is 0 Å². The maximum Gasteiger partial charge on any atom is 0.140 e. The van der Waals surface area contributed by atoms with E-state index in [1.807, 2.05) is 6.08 Å². The summed E-state index contributed by atoms with van der Waals surface area (Å²) < 4.78 is 9.11. The molecule has 8 rings (SSSR count). The number of aromatic nitrogens is 1. The molecule has 0 aliphatic heterocycles. The van der Waals surface area contributed by atoms with E-state index in [0.29, 0.717) is 6.54 Å². The molecule has 0 radical (unpaired) electrons. The number of rotatable bonds is 8. The van der Waals surface area contributed by atoms with Gasteiger partial charge in [0.2, 0.25) is 0 Å². The average Bonchev–Trinajstić information content (AvgIpc) is 3.69. The third-order valence-electron chi connectivity index (χ3n) is 9.17. The predicted octanol–water partition coefficient (Wildman–Crippen LogP) is 11.9. The van der Waals surface area contributed by atoms with Crippen LogP contribution < -0.4 is 0 Å². The number of fused-ring (bicyclic) bond motifs is 12. The maximum absolute atomic E-state index is 6.67. The second-order valence-corrected chi connectivity index (χ2v) is 11.8. The molecule has 0 amide bonds. The molecule has 0 bridgehead atoms. The number of benzene rings is 6. The fraction of sp³-hybridized carbons (Fsp3) is 0.0455. The molecule has 0 unspecified atom stereocenters. The van der Waals surface area contributed by atoms with Crippen molar-refractivity contribution in [1.29, 1.82) is 0 Å². The number of hydrogen-bond donors (Lipinski definition) is 0. The van der Waals surface area contributed by atoms with Crippen LogP contribution in [0.4, 0.5) is 0 Å². The maximum atomic E-state index is 6.67. The largest absolute Gasteiger partial charge is 0.456 e. The monoisotopic (exact) mass is 619 g/mol.